The first-order chi connectivity index (χ1) is 8.16. The van der Waals surface area contributed by atoms with E-state index in [1.165, 1.54) is 0 Å². The van der Waals surface area contributed by atoms with Gasteiger partial charge >= 0.3 is 6.03 Å². The van der Waals surface area contributed by atoms with Crippen molar-refractivity contribution >= 4 is 29.2 Å². The Morgan fingerprint density at radius 2 is 2.24 bits per heavy atom. The topological polar surface area (TPSA) is 44.7 Å². The maximum absolute atomic E-state index is 11.7. The zero-order valence-corrected chi connectivity index (χ0v) is 10.4. The van der Waals surface area contributed by atoms with Gasteiger partial charge in [0.15, 0.2) is 0 Å². The number of para-hydroxylation sites is 1. The first kappa shape index (κ1) is 11.9. The van der Waals surface area contributed by atoms with Gasteiger partial charge in [-0.2, -0.15) is 4.99 Å². The highest BCUT2D eigenvalue weighted by Crippen LogP contribution is 2.20. The van der Waals surface area contributed by atoms with Crippen molar-refractivity contribution in [2.75, 3.05) is 18.9 Å². The molecule has 1 fully saturated rings. The number of hydrogen-bond acceptors (Lipinski definition) is 1. The Balaban J connectivity index is 2.05. The average molecular weight is 252 g/mol. The van der Waals surface area contributed by atoms with E-state index in [4.69, 9.17) is 11.6 Å². The summed E-state index contributed by atoms with van der Waals surface area (Å²) in [6.07, 6.45) is 1.90. The predicted molar refractivity (Wildman–Crippen MR) is 69.8 cm³/mol. The Kier molecular flexibility index (Phi) is 3.64. The fraction of sp³-hybridized carbons (Fsp3) is 0.333. The van der Waals surface area contributed by atoms with E-state index in [-0.39, 0.29) is 6.03 Å². The molecule has 0 aliphatic carbocycles. The SMILES string of the molecule is CN1CCC/C1=N/C(=O)Nc1ccccc1Cl. The lowest BCUT2D eigenvalue weighted by atomic mass is 10.3. The number of halogens is 1. The highest BCUT2D eigenvalue weighted by molar-refractivity contribution is 6.33. The van der Waals surface area contributed by atoms with Crippen LogP contribution in [0.2, 0.25) is 5.02 Å². The summed E-state index contributed by atoms with van der Waals surface area (Å²) in [5, 5.41) is 3.19. The number of nitrogens with one attached hydrogen (secondary N) is 1. The lowest BCUT2D eigenvalue weighted by molar-refractivity contribution is 0.259. The molecular weight excluding hydrogens is 238 g/mol. The minimum Gasteiger partial charge on any atom is -0.363 e. The van der Waals surface area contributed by atoms with Crippen LogP contribution in [-0.4, -0.2) is 30.4 Å². The number of likely N-dealkylation sites (tertiary alicyclic amines) is 1. The number of carbonyl (C=O) groups is 1. The van der Waals surface area contributed by atoms with E-state index in [1.54, 1.807) is 12.1 Å². The van der Waals surface area contributed by atoms with Gasteiger partial charge < -0.3 is 10.2 Å². The van der Waals surface area contributed by atoms with Crippen molar-refractivity contribution in [2.24, 2.45) is 4.99 Å². The minimum absolute atomic E-state index is 0.373. The molecule has 2 amide bonds. The molecule has 0 radical (unpaired) electrons. The molecule has 1 heterocycles. The number of carbonyl (C=O) groups excluding carboxylic acids is 1. The summed E-state index contributed by atoms with van der Waals surface area (Å²) < 4.78 is 0. The number of amidine groups is 1. The van der Waals surface area contributed by atoms with E-state index in [2.05, 4.69) is 10.3 Å². The maximum Gasteiger partial charge on any atom is 0.347 e. The molecule has 5 heteroatoms. The number of amides is 2. The van der Waals surface area contributed by atoms with Gasteiger partial charge in [0.2, 0.25) is 0 Å². The first-order valence-electron chi connectivity index (χ1n) is 5.51. The first-order valence-corrected chi connectivity index (χ1v) is 5.89. The summed E-state index contributed by atoms with van der Waals surface area (Å²) in [4.78, 5) is 17.7. The maximum atomic E-state index is 11.7. The summed E-state index contributed by atoms with van der Waals surface area (Å²) in [5.74, 6) is 0.828. The molecule has 0 saturated carbocycles. The number of benzene rings is 1. The molecule has 1 N–H and O–H groups in total. The molecule has 2 rings (SSSR count). The lowest BCUT2D eigenvalue weighted by Gasteiger charge is -2.10. The van der Waals surface area contributed by atoms with Crippen LogP contribution in [0.15, 0.2) is 29.3 Å². The van der Waals surface area contributed by atoms with Crippen LogP contribution in [0.25, 0.3) is 0 Å². The standard InChI is InChI=1S/C12H14ClN3O/c1-16-8-4-7-11(16)15-12(17)14-10-6-3-2-5-9(10)13/h2-3,5-6H,4,7-8H2,1H3,(H,14,17)/b15-11-. The monoisotopic (exact) mass is 251 g/mol. The third-order valence-electron chi connectivity index (χ3n) is 2.68. The van der Waals surface area contributed by atoms with Crippen LogP contribution in [0, 0.1) is 0 Å². The predicted octanol–water partition coefficient (Wildman–Crippen LogP) is 3.00. The molecule has 0 spiro atoms. The second-order valence-electron chi connectivity index (χ2n) is 3.96. The zero-order valence-electron chi connectivity index (χ0n) is 9.61. The molecule has 1 aliphatic heterocycles. The Bertz CT molecular complexity index is 459. The van der Waals surface area contributed by atoms with Crippen LogP contribution in [0.1, 0.15) is 12.8 Å². The van der Waals surface area contributed by atoms with Crippen molar-refractivity contribution in [3.05, 3.63) is 29.3 Å². The normalized spacial score (nSPS) is 17.5. The largest absolute Gasteiger partial charge is 0.363 e. The summed E-state index contributed by atoms with van der Waals surface area (Å²) >= 11 is 5.94. The van der Waals surface area contributed by atoms with Gasteiger partial charge in [-0.25, -0.2) is 4.79 Å². The second-order valence-corrected chi connectivity index (χ2v) is 4.37. The summed E-state index contributed by atoms with van der Waals surface area (Å²) in [6.45, 7) is 0.957. The average Bonchev–Trinajstić information content (AvgIpc) is 2.68. The zero-order chi connectivity index (χ0) is 12.3. The highest BCUT2D eigenvalue weighted by atomic mass is 35.5. The van der Waals surface area contributed by atoms with Crippen molar-refractivity contribution in [3.8, 4) is 0 Å². The van der Waals surface area contributed by atoms with Crippen LogP contribution in [0.3, 0.4) is 0 Å². The summed E-state index contributed by atoms with van der Waals surface area (Å²) in [6, 6.07) is 6.73. The molecule has 0 aromatic heterocycles. The third-order valence-corrected chi connectivity index (χ3v) is 3.01. The Labute approximate surface area is 105 Å². The molecule has 0 atom stereocenters. The number of rotatable bonds is 1. The van der Waals surface area contributed by atoms with Crippen LogP contribution in [-0.2, 0) is 0 Å². The van der Waals surface area contributed by atoms with Crippen molar-refractivity contribution in [1.29, 1.82) is 0 Å². The molecule has 4 nitrogen and oxygen atoms in total. The fourth-order valence-electron chi connectivity index (χ4n) is 1.76. The van der Waals surface area contributed by atoms with E-state index >= 15 is 0 Å². The molecule has 1 saturated heterocycles. The highest BCUT2D eigenvalue weighted by Gasteiger charge is 2.15. The van der Waals surface area contributed by atoms with Gasteiger partial charge in [-0.05, 0) is 18.6 Å². The smallest absolute Gasteiger partial charge is 0.347 e. The van der Waals surface area contributed by atoms with Gasteiger partial charge in [-0.15, -0.1) is 0 Å². The van der Waals surface area contributed by atoms with Gasteiger partial charge in [-0.3, -0.25) is 0 Å². The minimum atomic E-state index is -0.373. The van der Waals surface area contributed by atoms with Crippen LogP contribution in [0.4, 0.5) is 10.5 Å². The van der Waals surface area contributed by atoms with Gasteiger partial charge in [0.1, 0.15) is 5.84 Å². The lowest BCUT2D eigenvalue weighted by Crippen LogP contribution is -2.21. The van der Waals surface area contributed by atoms with Gasteiger partial charge in [0.25, 0.3) is 0 Å². The van der Waals surface area contributed by atoms with Crippen LogP contribution in [0.5, 0.6) is 0 Å². The van der Waals surface area contributed by atoms with Crippen molar-refractivity contribution < 1.29 is 4.79 Å². The van der Waals surface area contributed by atoms with E-state index in [1.807, 2.05) is 24.1 Å². The summed E-state index contributed by atoms with van der Waals surface area (Å²) in [7, 11) is 1.94. The van der Waals surface area contributed by atoms with E-state index in [9.17, 15) is 4.79 Å². The quantitative estimate of drug-likeness (QED) is 0.834. The molecule has 1 aliphatic rings. The number of aliphatic imine (C=N–C) groups is 1. The Hall–Kier alpha value is -1.55. The Morgan fingerprint density at radius 3 is 2.88 bits per heavy atom. The molecule has 90 valence electrons. The van der Waals surface area contributed by atoms with Gasteiger partial charge in [-0.1, -0.05) is 23.7 Å². The van der Waals surface area contributed by atoms with E-state index < -0.39 is 0 Å². The molecule has 1 aromatic rings. The van der Waals surface area contributed by atoms with Crippen molar-refractivity contribution in [2.45, 2.75) is 12.8 Å². The third kappa shape index (κ3) is 2.97. The fourth-order valence-corrected chi connectivity index (χ4v) is 1.94. The number of hydrogen-bond donors (Lipinski definition) is 1. The number of anilines is 1. The molecule has 17 heavy (non-hydrogen) atoms. The van der Waals surface area contributed by atoms with Crippen molar-refractivity contribution in [1.82, 2.24) is 4.90 Å². The van der Waals surface area contributed by atoms with Gasteiger partial charge in [0.05, 0.1) is 10.7 Å². The molecular formula is C12H14ClN3O. The van der Waals surface area contributed by atoms with Crippen molar-refractivity contribution in [3.63, 3.8) is 0 Å². The van der Waals surface area contributed by atoms with Gasteiger partial charge in [0, 0.05) is 20.0 Å². The van der Waals surface area contributed by atoms with E-state index in [0.29, 0.717) is 10.7 Å². The van der Waals surface area contributed by atoms with Crippen LogP contribution >= 0.6 is 11.6 Å². The molecule has 0 unspecified atom stereocenters. The Morgan fingerprint density at radius 1 is 1.47 bits per heavy atom. The number of urea groups is 1. The second kappa shape index (κ2) is 5.19. The van der Waals surface area contributed by atoms with E-state index in [0.717, 1.165) is 25.2 Å². The molecule has 0 bridgehead atoms. The molecule has 1 aromatic carbocycles. The van der Waals surface area contributed by atoms with Crippen LogP contribution < -0.4 is 5.32 Å². The summed E-state index contributed by atoms with van der Waals surface area (Å²) in [5.41, 5.74) is 0.587. The number of nitrogens with zero attached hydrogens (tertiary/aromatic N) is 2.